The predicted octanol–water partition coefficient (Wildman–Crippen LogP) is 2.22. The van der Waals surface area contributed by atoms with Crippen LogP contribution in [0.5, 0.6) is 0 Å². The smallest absolute Gasteiger partial charge is 0.127 e. The molecule has 0 radical (unpaired) electrons. The second kappa shape index (κ2) is 6.53. The molecule has 3 N–H and O–H groups in total. The summed E-state index contributed by atoms with van der Waals surface area (Å²) in [5.41, 5.74) is 6.12. The van der Waals surface area contributed by atoms with Gasteiger partial charge in [-0.2, -0.15) is 0 Å². The van der Waals surface area contributed by atoms with Crippen molar-refractivity contribution < 1.29 is 4.39 Å². The summed E-state index contributed by atoms with van der Waals surface area (Å²) < 4.78 is 13.4. The van der Waals surface area contributed by atoms with Crippen LogP contribution in [0, 0.1) is 5.82 Å². The number of nitrogens with two attached hydrogens (primary N) is 1. The average Bonchev–Trinajstić information content (AvgIpc) is 2.25. The number of benzene rings is 1. The first kappa shape index (κ1) is 12.1. The van der Waals surface area contributed by atoms with E-state index in [9.17, 15) is 4.39 Å². The molecule has 1 rings (SSSR count). The highest BCUT2D eigenvalue weighted by molar-refractivity contribution is 5.20. The van der Waals surface area contributed by atoms with Gasteiger partial charge in [-0.25, -0.2) is 4.39 Å². The van der Waals surface area contributed by atoms with E-state index in [1.807, 2.05) is 19.1 Å². The summed E-state index contributed by atoms with van der Waals surface area (Å²) in [5.74, 6) is -0.142. The minimum Gasteiger partial charge on any atom is -0.330 e. The van der Waals surface area contributed by atoms with Crippen LogP contribution in [0.25, 0.3) is 0 Å². The summed E-state index contributed by atoms with van der Waals surface area (Å²) in [7, 11) is 0. The van der Waals surface area contributed by atoms with Crippen molar-refractivity contribution in [2.24, 2.45) is 5.73 Å². The van der Waals surface area contributed by atoms with Crippen molar-refractivity contribution in [2.75, 3.05) is 13.1 Å². The average molecular weight is 210 g/mol. The Hall–Kier alpha value is -0.930. The highest BCUT2D eigenvalue weighted by Crippen LogP contribution is 2.15. The Morgan fingerprint density at radius 3 is 2.73 bits per heavy atom. The molecule has 2 nitrogen and oxygen atoms in total. The van der Waals surface area contributed by atoms with Gasteiger partial charge in [-0.1, -0.05) is 18.2 Å². The fraction of sp³-hybridized carbons (Fsp3) is 0.500. The Balaban J connectivity index is 2.40. The first-order valence-corrected chi connectivity index (χ1v) is 5.43. The quantitative estimate of drug-likeness (QED) is 0.706. The summed E-state index contributed by atoms with van der Waals surface area (Å²) >= 11 is 0. The number of hydrogen-bond acceptors (Lipinski definition) is 2. The van der Waals surface area contributed by atoms with E-state index in [2.05, 4.69) is 5.32 Å². The van der Waals surface area contributed by atoms with Gasteiger partial charge in [-0.3, -0.25) is 0 Å². The maximum absolute atomic E-state index is 13.4. The molecule has 0 bridgehead atoms. The summed E-state index contributed by atoms with van der Waals surface area (Å²) in [4.78, 5) is 0. The van der Waals surface area contributed by atoms with Crippen LogP contribution in [0.1, 0.15) is 31.4 Å². The molecule has 0 saturated carbocycles. The largest absolute Gasteiger partial charge is 0.330 e. The van der Waals surface area contributed by atoms with Crippen LogP contribution in [0.2, 0.25) is 0 Å². The lowest BCUT2D eigenvalue weighted by Crippen LogP contribution is -2.21. The Labute approximate surface area is 90.7 Å². The third kappa shape index (κ3) is 3.98. The molecule has 84 valence electrons. The molecule has 0 heterocycles. The molecule has 15 heavy (non-hydrogen) atoms. The van der Waals surface area contributed by atoms with Crippen molar-refractivity contribution in [1.29, 1.82) is 0 Å². The van der Waals surface area contributed by atoms with Gasteiger partial charge in [0, 0.05) is 11.6 Å². The topological polar surface area (TPSA) is 38.0 Å². The minimum atomic E-state index is -0.142. The number of unbranched alkanes of at least 4 members (excludes halogenated alkanes) is 1. The Morgan fingerprint density at radius 2 is 2.07 bits per heavy atom. The fourth-order valence-corrected chi connectivity index (χ4v) is 1.52. The van der Waals surface area contributed by atoms with Crippen molar-refractivity contribution in [2.45, 2.75) is 25.8 Å². The highest BCUT2D eigenvalue weighted by atomic mass is 19.1. The molecule has 1 atom stereocenters. The van der Waals surface area contributed by atoms with E-state index in [1.165, 1.54) is 6.07 Å². The fourth-order valence-electron chi connectivity index (χ4n) is 1.52. The predicted molar refractivity (Wildman–Crippen MR) is 61.1 cm³/mol. The summed E-state index contributed by atoms with van der Waals surface area (Å²) in [5, 5.41) is 3.28. The first-order chi connectivity index (χ1) is 7.25. The van der Waals surface area contributed by atoms with E-state index in [1.54, 1.807) is 6.07 Å². The van der Waals surface area contributed by atoms with Gasteiger partial charge in [0.2, 0.25) is 0 Å². The zero-order chi connectivity index (χ0) is 11.1. The molecule has 0 saturated heterocycles. The molecule has 0 amide bonds. The van der Waals surface area contributed by atoms with Gasteiger partial charge < -0.3 is 11.1 Å². The standard InChI is InChI=1S/C12H19FN2/c1-10(15-9-5-4-8-14)11-6-2-3-7-12(11)13/h2-3,6-7,10,15H,4-5,8-9,14H2,1H3. The second-order valence-corrected chi connectivity index (χ2v) is 3.69. The van der Waals surface area contributed by atoms with E-state index in [0.29, 0.717) is 0 Å². The third-order valence-corrected chi connectivity index (χ3v) is 2.45. The molecule has 0 fully saturated rings. The van der Waals surface area contributed by atoms with Crippen LogP contribution < -0.4 is 11.1 Å². The Kier molecular flexibility index (Phi) is 5.29. The highest BCUT2D eigenvalue weighted by Gasteiger charge is 2.08. The minimum absolute atomic E-state index is 0.0592. The van der Waals surface area contributed by atoms with Crippen LogP contribution in [0.4, 0.5) is 4.39 Å². The maximum Gasteiger partial charge on any atom is 0.127 e. The van der Waals surface area contributed by atoms with Crippen molar-refractivity contribution >= 4 is 0 Å². The molecule has 0 spiro atoms. The van der Waals surface area contributed by atoms with Crippen LogP contribution in [0.15, 0.2) is 24.3 Å². The van der Waals surface area contributed by atoms with E-state index < -0.39 is 0 Å². The zero-order valence-electron chi connectivity index (χ0n) is 9.17. The van der Waals surface area contributed by atoms with E-state index in [-0.39, 0.29) is 11.9 Å². The van der Waals surface area contributed by atoms with Crippen LogP contribution >= 0.6 is 0 Å². The number of rotatable bonds is 6. The van der Waals surface area contributed by atoms with Gasteiger partial charge in [-0.05, 0) is 38.9 Å². The number of halogens is 1. The van der Waals surface area contributed by atoms with Crippen molar-refractivity contribution in [3.8, 4) is 0 Å². The Morgan fingerprint density at radius 1 is 1.33 bits per heavy atom. The van der Waals surface area contributed by atoms with Crippen molar-refractivity contribution in [3.05, 3.63) is 35.6 Å². The van der Waals surface area contributed by atoms with Crippen LogP contribution in [-0.2, 0) is 0 Å². The number of hydrogen-bond donors (Lipinski definition) is 2. The van der Waals surface area contributed by atoms with E-state index in [0.717, 1.165) is 31.5 Å². The molecule has 0 aliphatic rings. The lowest BCUT2D eigenvalue weighted by atomic mass is 10.1. The van der Waals surface area contributed by atoms with E-state index in [4.69, 9.17) is 5.73 Å². The second-order valence-electron chi connectivity index (χ2n) is 3.69. The van der Waals surface area contributed by atoms with Gasteiger partial charge in [-0.15, -0.1) is 0 Å². The maximum atomic E-state index is 13.4. The summed E-state index contributed by atoms with van der Waals surface area (Å²) in [6.07, 6.45) is 2.05. The van der Waals surface area contributed by atoms with Gasteiger partial charge in [0.1, 0.15) is 5.82 Å². The van der Waals surface area contributed by atoms with Crippen molar-refractivity contribution in [3.63, 3.8) is 0 Å². The molecule has 0 aromatic heterocycles. The normalized spacial score (nSPS) is 12.7. The molecule has 1 unspecified atom stereocenters. The first-order valence-electron chi connectivity index (χ1n) is 5.43. The zero-order valence-corrected chi connectivity index (χ0v) is 9.17. The third-order valence-electron chi connectivity index (χ3n) is 2.45. The van der Waals surface area contributed by atoms with Gasteiger partial charge >= 0.3 is 0 Å². The monoisotopic (exact) mass is 210 g/mol. The van der Waals surface area contributed by atoms with Gasteiger partial charge in [0.25, 0.3) is 0 Å². The molecule has 1 aromatic carbocycles. The molecule has 0 aliphatic heterocycles. The lowest BCUT2D eigenvalue weighted by Gasteiger charge is -2.14. The van der Waals surface area contributed by atoms with Crippen LogP contribution in [0.3, 0.4) is 0 Å². The summed E-state index contributed by atoms with van der Waals surface area (Å²) in [6, 6.07) is 6.93. The Bertz CT molecular complexity index is 289. The molecular weight excluding hydrogens is 191 g/mol. The van der Waals surface area contributed by atoms with Gasteiger partial charge in [0.15, 0.2) is 0 Å². The summed E-state index contributed by atoms with van der Waals surface area (Å²) in [6.45, 7) is 3.57. The molecule has 0 aliphatic carbocycles. The molecule has 1 aromatic rings. The van der Waals surface area contributed by atoms with Crippen molar-refractivity contribution in [1.82, 2.24) is 5.32 Å². The SMILES string of the molecule is CC(NCCCCN)c1ccccc1F. The molecule has 3 heteroatoms. The number of nitrogens with one attached hydrogen (secondary N) is 1. The van der Waals surface area contributed by atoms with E-state index >= 15 is 0 Å². The lowest BCUT2D eigenvalue weighted by molar-refractivity contribution is 0.516. The molecular formula is C12H19FN2. The van der Waals surface area contributed by atoms with Gasteiger partial charge in [0.05, 0.1) is 0 Å². The van der Waals surface area contributed by atoms with Crippen LogP contribution in [-0.4, -0.2) is 13.1 Å².